The Bertz CT molecular complexity index is 971. The van der Waals surface area contributed by atoms with Gasteiger partial charge in [0.25, 0.3) is 5.89 Å². The quantitative estimate of drug-likeness (QED) is 0.631. The molecule has 152 valence electrons. The van der Waals surface area contributed by atoms with Gasteiger partial charge in [0.1, 0.15) is 5.82 Å². The summed E-state index contributed by atoms with van der Waals surface area (Å²) in [4.78, 5) is 13.7. The Morgan fingerprint density at radius 1 is 1.14 bits per heavy atom. The van der Waals surface area contributed by atoms with Crippen LogP contribution in [0.15, 0.2) is 41.1 Å². The Balaban J connectivity index is 1.55. The zero-order chi connectivity index (χ0) is 20.4. The molecule has 0 aliphatic carbocycles. The van der Waals surface area contributed by atoms with Crippen molar-refractivity contribution in [3.05, 3.63) is 36.5 Å². The summed E-state index contributed by atoms with van der Waals surface area (Å²) in [5, 5.41) is 4.11. The number of rotatable bonds is 6. The summed E-state index contributed by atoms with van der Waals surface area (Å²) >= 11 is 0. The second-order valence-electron chi connectivity index (χ2n) is 7.22. The molecule has 3 heterocycles. The van der Waals surface area contributed by atoms with Crippen LogP contribution < -0.4 is 14.4 Å². The van der Waals surface area contributed by atoms with Gasteiger partial charge < -0.3 is 23.8 Å². The summed E-state index contributed by atoms with van der Waals surface area (Å²) in [5.41, 5.74) is 1.48. The number of benzene rings is 1. The number of methoxy groups -OCH3 is 2. The Morgan fingerprint density at radius 2 is 2.00 bits per heavy atom. The van der Waals surface area contributed by atoms with Crippen molar-refractivity contribution in [1.29, 1.82) is 0 Å². The van der Waals surface area contributed by atoms with E-state index in [4.69, 9.17) is 14.0 Å². The first-order chi connectivity index (χ1) is 14.1. The van der Waals surface area contributed by atoms with E-state index in [1.54, 1.807) is 20.4 Å². The molecule has 0 radical (unpaired) electrons. The molecule has 0 amide bonds. The third-order valence-electron chi connectivity index (χ3n) is 5.28. The highest BCUT2D eigenvalue weighted by atomic mass is 16.5. The van der Waals surface area contributed by atoms with E-state index in [2.05, 4.69) is 39.0 Å². The fourth-order valence-electron chi connectivity index (χ4n) is 3.58. The third kappa shape index (κ3) is 3.75. The van der Waals surface area contributed by atoms with Crippen LogP contribution in [0.25, 0.3) is 22.8 Å². The lowest BCUT2D eigenvalue weighted by Gasteiger charge is -2.21. The van der Waals surface area contributed by atoms with Crippen LogP contribution in [0.5, 0.6) is 11.5 Å². The van der Waals surface area contributed by atoms with Crippen molar-refractivity contribution in [3.63, 3.8) is 0 Å². The number of hydrogen-bond acceptors (Lipinski definition) is 8. The lowest BCUT2D eigenvalue weighted by Crippen LogP contribution is -2.31. The summed E-state index contributed by atoms with van der Waals surface area (Å²) in [6.07, 6.45) is 2.92. The van der Waals surface area contributed by atoms with Crippen LogP contribution in [0.3, 0.4) is 0 Å². The van der Waals surface area contributed by atoms with E-state index in [0.29, 0.717) is 34.8 Å². The van der Waals surface area contributed by atoms with Gasteiger partial charge in [-0.15, -0.1) is 0 Å². The van der Waals surface area contributed by atoms with E-state index >= 15 is 0 Å². The number of anilines is 1. The standard InChI is InChI=1S/C21H25N5O3/c1-25(2)15-10-11-26(13-15)18-9-8-14(12-22-18)21-23-20(24-29-21)16-6-5-7-17(27-3)19(16)28-4/h5-9,12,15H,10-11,13H2,1-4H3/t15-/m0/s1. The second-order valence-corrected chi connectivity index (χ2v) is 7.22. The molecule has 1 aromatic carbocycles. The van der Waals surface area contributed by atoms with Gasteiger partial charge in [-0.2, -0.15) is 4.98 Å². The molecule has 1 atom stereocenters. The molecule has 0 saturated carbocycles. The molecule has 2 aromatic heterocycles. The fraction of sp³-hybridized carbons (Fsp3) is 0.381. The van der Waals surface area contributed by atoms with Crippen molar-refractivity contribution < 1.29 is 14.0 Å². The van der Waals surface area contributed by atoms with Gasteiger partial charge in [0.05, 0.1) is 25.3 Å². The molecule has 1 aliphatic heterocycles. The first-order valence-corrected chi connectivity index (χ1v) is 9.53. The number of nitrogens with zero attached hydrogens (tertiary/aromatic N) is 5. The zero-order valence-corrected chi connectivity index (χ0v) is 17.1. The molecule has 0 bridgehead atoms. The molecule has 1 saturated heterocycles. The topological polar surface area (TPSA) is 76.8 Å². The lowest BCUT2D eigenvalue weighted by atomic mass is 10.1. The van der Waals surface area contributed by atoms with Crippen LogP contribution in [0.4, 0.5) is 5.82 Å². The van der Waals surface area contributed by atoms with Crippen LogP contribution >= 0.6 is 0 Å². The Kier molecular flexibility index (Phi) is 5.35. The van der Waals surface area contributed by atoms with Gasteiger partial charge in [-0.1, -0.05) is 11.2 Å². The normalized spacial score (nSPS) is 16.4. The highest BCUT2D eigenvalue weighted by molar-refractivity contribution is 5.69. The van der Waals surface area contributed by atoms with Crippen molar-refractivity contribution >= 4 is 5.82 Å². The fourth-order valence-corrected chi connectivity index (χ4v) is 3.58. The summed E-state index contributed by atoms with van der Waals surface area (Å²) in [7, 11) is 7.42. The van der Waals surface area contributed by atoms with Gasteiger partial charge in [-0.05, 0) is 44.8 Å². The van der Waals surface area contributed by atoms with Crippen LogP contribution in [0, 0.1) is 0 Å². The van der Waals surface area contributed by atoms with E-state index in [9.17, 15) is 0 Å². The Hall–Kier alpha value is -3.13. The molecule has 29 heavy (non-hydrogen) atoms. The minimum atomic E-state index is 0.413. The van der Waals surface area contributed by atoms with Gasteiger partial charge in [0.15, 0.2) is 11.5 Å². The lowest BCUT2D eigenvalue weighted by molar-refractivity contribution is 0.315. The predicted octanol–water partition coefficient (Wildman–Crippen LogP) is 2.96. The smallest absolute Gasteiger partial charge is 0.259 e. The molecule has 3 aromatic rings. The largest absolute Gasteiger partial charge is 0.493 e. The van der Waals surface area contributed by atoms with Crippen molar-refractivity contribution in [2.45, 2.75) is 12.5 Å². The maximum absolute atomic E-state index is 5.47. The first-order valence-electron chi connectivity index (χ1n) is 9.53. The zero-order valence-electron chi connectivity index (χ0n) is 17.1. The van der Waals surface area contributed by atoms with Gasteiger partial charge in [-0.25, -0.2) is 4.98 Å². The molecule has 1 aliphatic rings. The third-order valence-corrected chi connectivity index (χ3v) is 5.28. The summed E-state index contributed by atoms with van der Waals surface area (Å²) in [6, 6.07) is 10.1. The van der Waals surface area contributed by atoms with Crippen molar-refractivity contribution in [1.82, 2.24) is 20.0 Å². The first kappa shape index (κ1) is 19.2. The highest BCUT2D eigenvalue weighted by Crippen LogP contribution is 2.37. The molecular weight excluding hydrogens is 370 g/mol. The molecule has 0 spiro atoms. The molecular formula is C21H25N5O3. The van der Waals surface area contributed by atoms with E-state index in [1.165, 1.54) is 0 Å². The Morgan fingerprint density at radius 3 is 2.66 bits per heavy atom. The number of hydrogen-bond donors (Lipinski definition) is 0. The average molecular weight is 395 g/mol. The monoisotopic (exact) mass is 395 g/mol. The maximum Gasteiger partial charge on any atom is 0.259 e. The second kappa shape index (κ2) is 8.08. The minimum absolute atomic E-state index is 0.413. The summed E-state index contributed by atoms with van der Waals surface area (Å²) < 4.78 is 16.3. The number of pyridine rings is 1. The highest BCUT2D eigenvalue weighted by Gasteiger charge is 2.25. The summed E-state index contributed by atoms with van der Waals surface area (Å²) in [5.74, 6) is 3.00. The van der Waals surface area contributed by atoms with Crippen LogP contribution in [0.2, 0.25) is 0 Å². The Labute approximate surface area is 170 Å². The van der Waals surface area contributed by atoms with E-state index in [1.807, 2.05) is 30.3 Å². The van der Waals surface area contributed by atoms with E-state index in [-0.39, 0.29) is 0 Å². The molecule has 0 N–H and O–H groups in total. The van der Waals surface area contributed by atoms with E-state index in [0.717, 1.165) is 30.9 Å². The molecule has 0 unspecified atom stereocenters. The number of para-hydroxylation sites is 1. The number of aromatic nitrogens is 3. The predicted molar refractivity (Wildman–Crippen MR) is 110 cm³/mol. The SMILES string of the molecule is COc1cccc(-c2noc(-c3ccc(N4CC[C@H](N(C)C)C4)nc3)n2)c1OC. The van der Waals surface area contributed by atoms with E-state index < -0.39 is 0 Å². The van der Waals surface area contributed by atoms with Gasteiger partial charge in [-0.3, -0.25) is 0 Å². The van der Waals surface area contributed by atoms with Gasteiger partial charge >= 0.3 is 0 Å². The van der Waals surface area contributed by atoms with Crippen LogP contribution in [-0.2, 0) is 0 Å². The van der Waals surface area contributed by atoms with Crippen LogP contribution in [-0.4, -0.2) is 67.5 Å². The average Bonchev–Trinajstić information content (AvgIpc) is 3.43. The van der Waals surface area contributed by atoms with Crippen molar-refractivity contribution in [2.75, 3.05) is 46.3 Å². The summed E-state index contributed by atoms with van der Waals surface area (Å²) in [6.45, 7) is 2.00. The van der Waals surface area contributed by atoms with Gasteiger partial charge in [0, 0.05) is 25.3 Å². The van der Waals surface area contributed by atoms with Crippen molar-refractivity contribution in [3.8, 4) is 34.3 Å². The number of likely N-dealkylation sites (N-methyl/N-ethyl adjacent to an activating group) is 1. The molecule has 1 fully saturated rings. The van der Waals surface area contributed by atoms with Crippen LogP contribution in [0.1, 0.15) is 6.42 Å². The molecule has 8 nitrogen and oxygen atoms in total. The van der Waals surface area contributed by atoms with Crippen molar-refractivity contribution in [2.24, 2.45) is 0 Å². The number of ether oxygens (including phenoxy) is 2. The minimum Gasteiger partial charge on any atom is -0.493 e. The molecule has 8 heteroatoms. The maximum atomic E-state index is 5.47. The molecule has 4 rings (SSSR count). The van der Waals surface area contributed by atoms with Gasteiger partial charge in [0.2, 0.25) is 5.82 Å².